The fourth-order valence-corrected chi connectivity index (χ4v) is 1.99. The van der Waals surface area contributed by atoms with Gasteiger partial charge in [-0.1, -0.05) is 12.1 Å². The minimum Gasteiger partial charge on any atom is -0.478 e. The van der Waals surface area contributed by atoms with E-state index in [1.807, 2.05) is 0 Å². The Morgan fingerprint density at radius 1 is 1.23 bits per heavy atom. The molecule has 0 atom stereocenters. The molecule has 2 rings (SSSR count). The molecule has 1 heterocycles. The molecule has 1 fully saturated rings. The summed E-state index contributed by atoms with van der Waals surface area (Å²) in [4.78, 5) is 47.8. The van der Waals surface area contributed by atoms with Crippen molar-refractivity contribution in [1.82, 2.24) is 15.1 Å². The lowest BCUT2D eigenvalue weighted by atomic mass is 10.1. The number of carboxylic acid groups (broad SMARTS) is 1. The van der Waals surface area contributed by atoms with Crippen LogP contribution in [-0.4, -0.2) is 58.9 Å². The van der Waals surface area contributed by atoms with E-state index in [1.54, 1.807) is 12.1 Å². The van der Waals surface area contributed by atoms with E-state index < -0.39 is 23.8 Å². The molecule has 0 unspecified atom stereocenters. The lowest BCUT2D eigenvalue weighted by Gasteiger charge is -2.13. The van der Waals surface area contributed by atoms with Crippen LogP contribution >= 0.6 is 0 Å². The molecular weight excluding hydrogens is 290 g/mol. The highest BCUT2D eigenvalue weighted by atomic mass is 16.4. The predicted octanol–water partition coefficient (Wildman–Crippen LogP) is -0.105. The number of hydrogen-bond donors (Lipinski definition) is 2. The molecule has 0 bridgehead atoms. The average Bonchev–Trinajstić information content (AvgIpc) is 2.72. The molecule has 0 aromatic heterocycles. The van der Waals surface area contributed by atoms with Gasteiger partial charge in [-0.15, -0.1) is 0 Å². The molecule has 0 radical (unpaired) electrons. The number of carbonyl (C=O) groups is 4. The number of urea groups is 1. The third-order valence-corrected chi connectivity index (χ3v) is 3.22. The van der Waals surface area contributed by atoms with Gasteiger partial charge >= 0.3 is 12.0 Å². The van der Waals surface area contributed by atoms with Crippen molar-refractivity contribution >= 4 is 23.8 Å². The topological polar surface area (TPSA) is 107 Å². The molecule has 8 nitrogen and oxygen atoms in total. The second kappa shape index (κ2) is 6.25. The third-order valence-electron chi connectivity index (χ3n) is 3.22. The van der Waals surface area contributed by atoms with E-state index in [-0.39, 0.29) is 25.2 Å². The van der Waals surface area contributed by atoms with Crippen LogP contribution in [-0.2, 0) is 16.1 Å². The Morgan fingerprint density at radius 3 is 2.36 bits per heavy atom. The number of nitrogens with one attached hydrogen (secondary N) is 1. The first kappa shape index (κ1) is 15.5. The van der Waals surface area contributed by atoms with Gasteiger partial charge in [0.25, 0.3) is 5.91 Å². The van der Waals surface area contributed by atoms with Gasteiger partial charge in [-0.25, -0.2) is 9.59 Å². The molecule has 1 aromatic carbocycles. The van der Waals surface area contributed by atoms with Crippen LogP contribution in [0.3, 0.4) is 0 Å². The van der Waals surface area contributed by atoms with Gasteiger partial charge in [0, 0.05) is 13.6 Å². The zero-order chi connectivity index (χ0) is 16.3. The summed E-state index contributed by atoms with van der Waals surface area (Å²) in [6.45, 7) is -0.164. The Balaban J connectivity index is 1.86. The summed E-state index contributed by atoms with van der Waals surface area (Å²) in [5.41, 5.74) is 0.876. The smallest absolute Gasteiger partial charge is 0.335 e. The molecular formula is C14H15N3O5. The summed E-state index contributed by atoms with van der Waals surface area (Å²) in [7, 11) is 1.49. The van der Waals surface area contributed by atoms with Crippen LogP contribution in [0.15, 0.2) is 24.3 Å². The average molecular weight is 305 g/mol. The van der Waals surface area contributed by atoms with Crippen molar-refractivity contribution in [3.8, 4) is 0 Å². The molecule has 0 spiro atoms. The quantitative estimate of drug-likeness (QED) is 0.738. The molecule has 1 saturated heterocycles. The molecule has 1 aliphatic rings. The second-order valence-corrected chi connectivity index (χ2v) is 4.90. The van der Waals surface area contributed by atoms with Crippen molar-refractivity contribution in [2.24, 2.45) is 0 Å². The fourth-order valence-electron chi connectivity index (χ4n) is 1.99. The van der Waals surface area contributed by atoms with E-state index in [2.05, 4.69) is 5.32 Å². The first-order valence-electron chi connectivity index (χ1n) is 6.53. The van der Waals surface area contributed by atoms with E-state index in [4.69, 9.17) is 5.11 Å². The lowest BCUT2D eigenvalue weighted by molar-refractivity contribution is -0.130. The summed E-state index contributed by atoms with van der Waals surface area (Å²) in [5.74, 6) is -1.89. The van der Waals surface area contributed by atoms with Crippen LogP contribution < -0.4 is 5.32 Å². The fraction of sp³-hybridized carbons (Fsp3) is 0.286. The van der Waals surface area contributed by atoms with Crippen molar-refractivity contribution < 1.29 is 24.3 Å². The maximum absolute atomic E-state index is 11.8. The van der Waals surface area contributed by atoms with Crippen molar-refractivity contribution in [1.29, 1.82) is 0 Å². The summed E-state index contributed by atoms with van der Waals surface area (Å²) in [6, 6.07) is 5.55. The van der Waals surface area contributed by atoms with Crippen molar-refractivity contribution in [3.63, 3.8) is 0 Å². The van der Waals surface area contributed by atoms with Gasteiger partial charge in [-0.05, 0) is 17.7 Å². The number of imide groups is 1. The largest absolute Gasteiger partial charge is 0.478 e. The Bertz CT molecular complexity index is 626. The molecule has 4 amide bonds. The van der Waals surface area contributed by atoms with Crippen molar-refractivity contribution in [3.05, 3.63) is 35.4 Å². The molecule has 0 aliphatic carbocycles. The Morgan fingerprint density at radius 2 is 1.86 bits per heavy atom. The molecule has 8 heteroatoms. The predicted molar refractivity (Wildman–Crippen MR) is 75.0 cm³/mol. The Hall–Kier alpha value is -2.90. The van der Waals surface area contributed by atoms with Gasteiger partial charge in [-0.3, -0.25) is 14.5 Å². The van der Waals surface area contributed by atoms with Crippen LogP contribution in [0.2, 0.25) is 0 Å². The third kappa shape index (κ3) is 3.40. The Kier molecular flexibility index (Phi) is 4.40. The van der Waals surface area contributed by atoms with E-state index in [1.165, 1.54) is 24.1 Å². The van der Waals surface area contributed by atoms with Crippen LogP contribution in [0.5, 0.6) is 0 Å². The van der Waals surface area contributed by atoms with E-state index in [0.29, 0.717) is 0 Å². The number of nitrogens with zero attached hydrogens (tertiary/aromatic N) is 2. The van der Waals surface area contributed by atoms with E-state index in [0.717, 1.165) is 10.5 Å². The highest BCUT2D eigenvalue weighted by molar-refractivity contribution is 6.04. The number of benzene rings is 1. The minimum atomic E-state index is -1.02. The van der Waals surface area contributed by atoms with Crippen LogP contribution in [0, 0.1) is 0 Å². The zero-order valence-corrected chi connectivity index (χ0v) is 11.9. The van der Waals surface area contributed by atoms with Gasteiger partial charge in [0.15, 0.2) is 0 Å². The minimum absolute atomic E-state index is 0.0250. The van der Waals surface area contributed by atoms with Crippen LogP contribution in [0.25, 0.3) is 0 Å². The first-order chi connectivity index (χ1) is 10.4. The summed E-state index contributed by atoms with van der Waals surface area (Å²) in [5, 5.41) is 11.4. The molecule has 0 saturated carbocycles. The normalized spacial score (nSPS) is 14.4. The second-order valence-electron chi connectivity index (χ2n) is 4.90. The number of hydrogen-bond acceptors (Lipinski definition) is 4. The van der Waals surface area contributed by atoms with Crippen molar-refractivity contribution in [2.45, 2.75) is 6.54 Å². The number of likely N-dealkylation sites (N-methyl/N-ethyl adjacent to an activating group) is 1. The summed E-state index contributed by atoms with van der Waals surface area (Å²) >= 11 is 0. The molecule has 1 aromatic rings. The van der Waals surface area contributed by atoms with Gasteiger partial charge in [0.1, 0.15) is 13.1 Å². The SMILES string of the molecule is CN1CC(=O)N(CC(=O)NCc2ccc(C(=O)O)cc2)C1=O. The van der Waals surface area contributed by atoms with E-state index >= 15 is 0 Å². The highest BCUT2D eigenvalue weighted by Gasteiger charge is 2.34. The summed E-state index contributed by atoms with van der Waals surface area (Å²) in [6.07, 6.45) is 0. The Labute approximate surface area is 126 Å². The molecule has 1 aliphatic heterocycles. The van der Waals surface area contributed by atoms with Gasteiger partial charge in [-0.2, -0.15) is 0 Å². The summed E-state index contributed by atoms with van der Waals surface area (Å²) < 4.78 is 0. The van der Waals surface area contributed by atoms with Crippen LogP contribution in [0.4, 0.5) is 4.79 Å². The number of carbonyl (C=O) groups excluding carboxylic acids is 3. The molecule has 22 heavy (non-hydrogen) atoms. The molecule has 2 N–H and O–H groups in total. The van der Waals surface area contributed by atoms with Crippen LogP contribution in [0.1, 0.15) is 15.9 Å². The monoisotopic (exact) mass is 305 g/mol. The number of amides is 4. The van der Waals surface area contributed by atoms with Crippen molar-refractivity contribution in [2.75, 3.05) is 20.1 Å². The molecule has 116 valence electrons. The van der Waals surface area contributed by atoms with E-state index in [9.17, 15) is 19.2 Å². The maximum Gasteiger partial charge on any atom is 0.335 e. The van der Waals surface area contributed by atoms with Gasteiger partial charge in [0.2, 0.25) is 5.91 Å². The number of aromatic carboxylic acids is 1. The van der Waals surface area contributed by atoms with Gasteiger partial charge < -0.3 is 15.3 Å². The lowest BCUT2D eigenvalue weighted by Crippen LogP contribution is -2.40. The highest BCUT2D eigenvalue weighted by Crippen LogP contribution is 2.07. The first-order valence-corrected chi connectivity index (χ1v) is 6.53. The zero-order valence-electron chi connectivity index (χ0n) is 11.9. The van der Waals surface area contributed by atoms with Gasteiger partial charge in [0.05, 0.1) is 5.56 Å². The maximum atomic E-state index is 11.8. The number of rotatable bonds is 5. The standard InChI is InChI=1S/C14H15N3O5/c1-16-8-12(19)17(14(16)22)7-11(18)15-6-9-2-4-10(5-3-9)13(20)21/h2-5H,6-8H2,1H3,(H,15,18)(H,20,21). The number of carboxylic acids is 1.